The van der Waals surface area contributed by atoms with Crippen LogP contribution in [0.25, 0.3) is 0 Å². The Kier molecular flexibility index (Phi) is 32.7. The first kappa shape index (κ1) is 48.8. The van der Waals surface area contributed by atoms with Crippen LogP contribution in [-0.2, 0) is 28.6 Å². The number of unbranched alkanes of at least 4 members (excludes halogenated alkanes) is 8. The highest BCUT2D eigenvalue weighted by atomic mass is 16.6. The normalized spacial score (nSPS) is 13.8. The fraction of sp³-hybridized carbons (Fsp3) is 0.659. The molecule has 0 heterocycles. The zero-order valence-corrected chi connectivity index (χ0v) is 33.4. The Morgan fingerprint density at radius 1 is 0.596 bits per heavy atom. The third-order valence-electron chi connectivity index (χ3n) is 8.36. The zero-order valence-electron chi connectivity index (χ0n) is 33.4. The van der Waals surface area contributed by atoms with Gasteiger partial charge in [-0.1, -0.05) is 132 Å². The first-order valence-electron chi connectivity index (χ1n) is 20.0. The maximum Gasteiger partial charge on any atom is 0.306 e. The van der Waals surface area contributed by atoms with Crippen molar-refractivity contribution in [3.8, 4) is 0 Å². The molecule has 0 rings (SSSR count). The molecule has 0 aliphatic heterocycles. The molecule has 0 aromatic rings. The number of carboxylic acid groups (broad SMARTS) is 1. The van der Waals surface area contributed by atoms with E-state index in [0.29, 0.717) is 12.8 Å². The molecule has 8 nitrogen and oxygen atoms in total. The van der Waals surface area contributed by atoms with Crippen molar-refractivity contribution in [2.75, 3.05) is 41.0 Å². The van der Waals surface area contributed by atoms with E-state index < -0.39 is 18.1 Å². The quantitative estimate of drug-likeness (QED) is 0.0282. The molecule has 0 aliphatic rings. The average molecular weight is 728 g/mol. The summed E-state index contributed by atoms with van der Waals surface area (Å²) >= 11 is 0. The molecule has 0 N–H and O–H groups in total. The van der Waals surface area contributed by atoms with Crippen LogP contribution in [0.2, 0.25) is 0 Å². The van der Waals surface area contributed by atoms with Gasteiger partial charge in [0.1, 0.15) is 12.6 Å². The highest BCUT2D eigenvalue weighted by Gasteiger charge is 2.25. The molecule has 0 spiro atoms. The van der Waals surface area contributed by atoms with Gasteiger partial charge in [0.2, 0.25) is 0 Å². The molecule has 0 saturated carbocycles. The summed E-state index contributed by atoms with van der Waals surface area (Å²) in [4.78, 5) is 36.6. The van der Waals surface area contributed by atoms with Crippen molar-refractivity contribution in [3.63, 3.8) is 0 Å². The number of likely N-dealkylation sites (N-methyl/N-ethyl adjacent to an activating group) is 1. The SMILES string of the molecule is CC/C=C/C/C=C/C/C=C/C/C=C/C/C=C/C/C=C/CCCC(=O)OCC(COCCC(C(=O)[O-])[N+](C)(C)C)OC(=O)CCCCCCCCCC. The van der Waals surface area contributed by atoms with Crippen LogP contribution in [0.4, 0.5) is 0 Å². The topological polar surface area (TPSA) is 102 Å². The van der Waals surface area contributed by atoms with Crippen molar-refractivity contribution < 1.29 is 38.2 Å². The molecule has 0 saturated heterocycles. The van der Waals surface area contributed by atoms with Gasteiger partial charge in [-0.15, -0.1) is 0 Å². The van der Waals surface area contributed by atoms with E-state index in [1.54, 1.807) is 21.1 Å². The molecule has 0 bridgehead atoms. The van der Waals surface area contributed by atoms with Crippen LogP contribution in [0.15, 0.2) is 72.9 Å². The maximum absolute atomic E-state index is 12.6. The van der Waals surface area contributed by atoms with Gasteiger partial charge in [-0.05, 0) is 57.8 Å². The maximum atomic E-state index is 12.6. The third-order valence-corrected chi connectivity index (χ3v) is 8.36. The molecule has 2 atom stereocenters. The van der Waals surface area contributed by atoms with Crippen LogP contribution >= 0.6 is 0 Å². The number of carbonyl (C=O) groups is 3. The van der Waals surface area contributed by atoms with E-state index in [2.05, 4.69) is 86.8 Å². The number of ether oxygens (including phenoxy) is 3. The van der Waals surface area contributed by atoms with Crippen LogP contribution in [0.5, 0.6) is 0 Å². The molecule has 0 fully saturated rings. The second kappa shape index (κ2) is 34.8. The number of hydrogen-bond acceptors (Lipinski definition) is 7. The van der Waals surface area contributed by atoms with Crippen LogP contribution in [0, 0.1) is 0 Å². The number of carbonyl (C=O) groups excluding carboxylic acids is 3. The molecule has 2 unspecified atom stereocenters. The third kappa shape index (κ3) is 32.7. The van der Waals surface area contributed by atoms with E-state index in [1.807, 2.05) is 0 Å². The molecular formula is C44H73NO7. The van der Waals surface area contributed by atoms with Crippen molar-refractivity contribution in [2.45, 2.75) is 148 Å². The Bertz CT molecular complexity index is 1080. The van der Waals surface area contributed by atoms with E-state index in [9.17, 15) is 19.5 Å². The molecule has 296 valence electrons. The number of aliphatic carboxylic acids is 1. The van der Waals surface area contributed by atoms with Crippen LogP contribution in [0.1, 0.15) is 136 Å². The predicted octanol–water partition coefficient (Wildman–Crippen LogP) is 9.07. The lowest BCUT2D eigenvalue weighted by Gasteiger charge is -2.34. The Balaban J connectivity index is 4.43. The number of carboxylic acids is 1. The van der Waals surface area contributed by atoms with Gasteiger partial charge in [0.05, 0.1) is 40.3 Å². The first-order valence-corrected chi connectivity index (χ1v) is 20.0. The Morgan fingerprint density at radius 3 is 1.58 bits per heavy atom. The number of esters is 2. The number of allylic oxidation sites excluding steroid dienone is 12. The van der Waals surface area contributed by atoms with E-state index >= 15 is 0 Å². The van der Waals surface area contributed by atoms with Gasteiger partial charge < -0.3 is 28.6 Å². The molecular weight excluding hydrogens is 654 g/mol. The molecule has 0 aromatic heterocycles. The molecule has 0 radical (unpaired) electrons. The minimum absolute atomic E-state index is 0.0197. The summed E-state index contributed by atoms with van der Waals surface area (Å²) in [6.07, 6.45) is 42.3. The van der Waals surface area contributed by atoms with Gasteiger partial charge in [-0.25, -0.2) is 0 Å². The molecule has 0 aliphatic carbocycles. The van der Waals surface area contributed by atoms with Crippen LogP contribution < -0.4 is 5.11 Å². The average Bonchev–Trinajstić information content (AvgIpc) is 3.09. The van der Waals surface area contributed by atoms with Gasteiger partial charge in [0.25, 0.3) is 0 Å². The van der Waals surface area contributed by atoms with Crippen LogP contribution in [0.3, 0.4) is 0 Å². The summed E-state index contributed by atoms with van der Waals surface area (Å²) in [6.45, 7) is 4.42. The second-order valence-electron chi connectivity index (χ2n) is 14.1. The second-order valence-corrected chi connectivity index (χ2v) is 14.1. The Morgan fingerprint density at radius 2 is 1.08 bits per heavy atom. The predicted molar refractivity (Wildman–Crippen MR) is 212 cm³/mol. The fourth-order valence-corrected chi connectivity index (χ4v) is 5.26. The smallest absolute Gasteiger partial charge is 0.306 e. The summed E-state index contributed by atoms with van der Waals surface area (Å²) in [5.41, 5.74) is 0. The number of nitrogens with zero attached hydrogens (tertiary/aromatic N) is 1. The summed E-state index contributed by atoms with van der Waals surface area (Å²) in [7, 11) is 5.37. The standard InChI is InChI=1S/C44H73NO7/c1-6-8-10-12-14-16-17-18-19-20-21-22-23-24-25-26-27-29-30-32-34-42(46)51-39-40(38-50-37-36-41(44(48)49)45(3,4)5)52-43(47)35-33-31-28-15-13-11-9-7-2/h8,10,14,16,18-19,21-22,24-25,27,29,40-41H,6-7,9,11-13,15,17,20,23,26,28,30-39H2,1-5H3/b10-8+,16-14+,19-18+,22-21+,25-24+,29-27+. The lowest BCUT2D eigenvalue weighted by Crippen LogP contribution is -2.55. The van der Waals surface area contributed by atoms with Crippen molar-refractivity contribution in [1.82, 2.24) is 0 Å². The Labute approximate surface area is 317 Å². The van der Waals surface area contributed by atoms with Crippen molar-refractivity contribution in [1.29, 1.82) is 0 Å². The van der Waals surface area contributed by atoms with Crippen LogP contribution in [-0.4, -0.2) is 75.5 Å². The van der Waals surface area contributed by atoms with Crippen molar-refractivity contribution in [3.05, 3.63) is 72.9 Å². The molecule has 8 heteroatoms. The summed E-state index contributed by atoms with van der Waals surface area (Å²) < 4.78 is 17.0. The number of rotatable bonds is 34. The van der Waals surface area contributed by atoms with E-state index in [0.717, 1.165) is 64.2 Å². The van der Waals surface area contributed by atoms with Gasteiger partial charge in [-0.3, -0.25) is 9.59 Å². The van der Waals surface area contributed by atoms with Gasteiger partial charge in [0.15, 0.2) is 6.10 Å². The van der Waals surface area contributed by atoms with Gasteiger partial charge >= 0.3 is 11.9 Å². The van der Waals surface area contributed by atoms with E-state index in [1.165, 1.54) is 32.1 Å². The van der Waals surface area contributed by atoms with Gasteiger partial charge in [-0.2, -0.15) is 0 Å². The highest BCUT2D eigenvalue weighted by molar-refractivity contribution is 5.70. The first-order chi connectivity index (χ1) is 25.1. The van der Waals surface area contributed by atoms with Crippen molar-refractivity contribution in [2.24, 2.45) is 0 Å². The van der Waals surface area contributed by atoms with Gasteiger partial charge in [0, 0.05) is 19.3 Å². The molecule has 0 aromatic carbocycles. The Hall–Kier alpha value is -3.23. The monoisotopic (exact) mass is 728 g/mol. The number of hydrogen-bond donors (Lipinski definition) is 0. The summed E-state index contributed by atoms with van der Waals surface area (Å²) in [6, 6.07) is -0.734. The highest BCUT2D eigenvalue weighted by Crippen LogP contribution is 2.12. The lowest BCUT2D eigenvalue weighted by atomic mass is 10.1. The minimum atomic E-state index is -1.14. The summed E-state index contributed by atoms with van der Waals surface area (Å²) in [5.74, 6) is -1.83. The summed E-state index contributed by atoms with van der Waals surface area (Å²) in [5, 5.41) is 11.6. The van der Waals surface area contributed by atoms with Crippen molar-refractivity contribution >= 4 is 17.9 Å². The fourth-order valence-electron chi connectivity index (χ4n) is 5.26. The van der Waals surface area contributed by atoms with E-state index in [4.69, 9.17) is 14.2 Å². The lowest BCUT2D eigenvalue weighted by molar-refractivity contribution is -0.889. The molecule has 0 amide bonds. The molecule has 52 heavy (non-hydrogen) atoms. The van der Waals surface area contributed by atoms with E-state index in [-0.39, 0.29) is 49.1 Å². The largest absolute Gasteiger partial charge is 0.544 e. The minimum Gasteiger partial charge on any atom is -0.544 e. The zero-order chi connectivity index (χ0) is 38.5. The number of quaternary nitrogens is 1.